The molecule has 0 aliphatic carbocycles. The topological polar surface area (TPSA) is 67.5 Å². The number of carbonyl (C=O) groups is 1. The summed E-state index contributed by atoms with van der Waals surface area (Å²) in [6.07, 6.45) is 0. The Morgan fingerprint density at radius 3 is 2.38 bits per heavy atom. The lowest BCUT2D eigenvalue weighted by Gasteiger charge is -2.28. The predicted octanol–water partition coefficient (Wildman–Crippen LogP) is 1.19. The molecule has 3 heterocycles. The fraction of sp³-hybridized carbons (Fsp3) is 0.476. The van der Waals surface area contributed by atoms with Gasteiger partial charge >= 0.3 is 5.69 Å². The van der Waals surface area contributed by atoms with Crippen molar-refractivity contribution in [1.29, 1.82) is 0 Å². The van der Waals surface area contributed by atoms with Crippen LogP contribution in [0.2, 0.25) is 0 Å². The van der Waals surface area contributed by atoms with Gasteiger partial charge in [0.15, 0.2) is 0 Å². The molecule has 0 spiro atoms. The maximum Gasteiger partial charge on any atom is 0.331 e. The average Bonchev–Trinajstić information content (AvgIpc) is 3.20. The Labute approximate surface area is 176 Å². The fourth-order valence-electron chi connectivity index (χ4n) is 4.91. The smallest absolute Gasteiger partial charge is 0.331 e. The van der Waals surface area contributed by atoms with E-state index >= 15 is 0 Å². The van der Waals surface area contributed by atoms with Gasteiger partial charge in [-0.25, -0.2) is 4.79 Å². The summed E-state index contributed by atoms with van der Waals surface area (Å²) in [5.41, 5.74) is 1.80. The lowest BCUT2D eigenvalue weighted by atomic mass is 9.88. The van der Waals surface area contributed by atoms with E-state index in [1.165, 1.54) is 35.9 Å². The van der Waals surface area contributed by atoms with Crippen molar-refractivity contribution in [1.82, 2.24) is 18.9 Å². The van der Waals surface area contributed by atoms with Gasteiger partial charge in [-0.3, -0.25) is 23.6 Å². The number of aryl methyl sites for hydroxylation is 1. The standard InChI is InChI=1S/C21H26N4O3.ClH/c1-13-7-5-6-8-15(13)19-16-12-25(11-14(16)10-22(19)2)20(27)17-9-18(26)24(4)21(28)23(17)3;/h5-9,14,16,19H,10-12H2,1-4H3;1H/t14-,16+,19-;/m0./s1. The van der Waals surface area contributed by atoms with E-state index in [0.29, 0.717) is 24.9 Å². The number of hydrogen-bond acceptors (Lipinski definition) is 4. The van der Waals surface area contributed by atoms with Crippen LogP contribution in [0.15, 0.2) is 39.9 Å². The highest BCUT2D eigenvalue weighted by molar-refractivity contribution is 5.92. The number of rotatable bonds is 2. The molecular weight excluding hydrogens is 392 g/mol. The van der Waals surface area contributed by atoms with E-state index in [9.17, 15) is 14.4 Å². The van der Waals surface area contributed by atoms with Crippen molar-refractivity contribution < 1.29 is 4.79 Å². The van der Waals surface area contributed by atoms with Gasteiger partial charge in [-0.1, -0.05) is 24.3 Å². The van der Waals surface area contributed by atoms with Crippen LogP contribution in [0.1, 0.15) is 27.7 Å². The van der Waals surface area contributed by atoms with Crippen molar-refractivity contribution in [2.24, 2.45) is 25.9 Å². The minimum Gasteiger partial charge on any atom is -0.337 e. The zero-order valence-electron chi connectivity index (χ0n) is 17.2. The Balaban J connectivity index is 0.00000240. The third-order valence-corrected chi connectivity index (χ3v) is 6.43. The van der Waals surface area contributed by atoms with Crippen LogP contribution in [0.25, 0.3) is 0 Å². The fourth-order valence-corrected chi connectivity index (χ4v) is 4.91. The Morgan fingerprint density at radius 2 is 1.69 bits per heavy atom. The number of likely N-dealkylation sites (tertiary alicyclic amines) is 2. The monoisotopic (exact) mass is 418 g/mol. The predicted molar refractivity (Wildman–Crippen MR) is 114 cm³/mol. The summed E-state index contributed by atoms with van der Waals surface area (Å²) in [6, 6.07) is 9.96. The molecule has 2 aliphatic rings. The molecular formula is C21H27ClN4O3. The van der Waals surface area contributed by atoms with E-state index in [4.69, 9.17) is 0 Å². The maximum atomic E-state index is 13.1. The van der Waals surface area contributed by atoms with E-state index in [2.05, 4.69) is 37.1 Å². The second kappa shape index (κ2) is 7.80. The number of carbonyl (C=O) groups excluding carboxylic acids is 1. The van der Waals surface area contributed by atoms with Crippen LogP contribution in [-0.2, 0) is 14.1 Å². The lowest BCUT2D eigenvalue weighted by molar-refractivity contribution is 0.0756. The Hall–Kier alpha value is -2.38. The van der Waals surface area contributed by atoms with Crippen molar-refractivity contribution >= 4 is 18.3 Å². The molecule has 0 radical (unpaired) electrons. The molecule has 2 aromatic rings. The molecule has 0 unspecified atom stereocenters. The molecule has 1 amide bonds. The van der Waals surface area contributed by atoms with Gasteiger partial charge in [0, 0.05) is 51.8 Å². The number of amides is 1. The van der Waals surface area contributed by atoms with Gasteiger partial charge in [-0.15, -0.1) is 12.4 Å². The molecule has 7 nitrogen and oxygen atoms in total. The zero-order chi connectivity index (χ0) is 20.2. The van der Waals surface area contributed by atoms with Crippen molar-refractivity contribution in [3.63, 3.8) is 0 Å². The minimum absolute atomic E-state index is 0. The highest BCUT2D eigenvalue weighted by atomic mass is 35.5. The Kier molecular flexibility index (Phi) is 5.74. The molecule has 0 bridgehead atoms. The molecule has 4 rings (SSSR count). The van der Waals surface area contributed by atoms with Gasteiger partial charge in [0.25, 0.3) is 11.5 Å². The van der Waals surface area contributed by atoms with Crippen LogP contribution in [0.3, 0.4) is 0 Å². The first-order valence-corrected chi connectivity index (χ1v) is 9.61. The molecule has 3 atom stereocenters. The van der Waals surface area contributed by atoms with Gasteiger partial charge in [0.1, 0.15) is 5.69 Å². The number of aromatic nitrogens is 2. The summed E-state index contributed by atoms with van der Waals surface area (Å²) < 4.78 is 2.28. The molecule has 8 heteroatoms. The van der Waals surface area contributed by atoms with Gasteiger partial charge in [0.2, 0.25) is 0 Å². The maximum absolute atomic E-state index is 13.1. The van der Waals surface area contributed by atoms with Crippen LogP contribution in [0.5, 0.6) is 0 Å². The molecule has 2 fully saturated rings. The zero-order valence-corrected chi connectivity index (χ0v) is 18.0. The normalized spacial score (nSPS) is 23.7. The second-order valence-electron chi connectivity index (χ2n) is 8.14. The van der Waals surface area contributed by atoms with Gasteiger partial charge in [-0.2, -0.15) is 0 Å². The highest BCUT2D eigenvalue weighted by Gasteiger charge is 2.47. The van der Waals surface area contributed by atoms with Crippen molar-refractivity contribution in [2.75, 3.05) is 26.7 Å². The molecule has 1 aromatic carbocycles. The van der Waals surface area contributed by atoms with Crippen molar-refractivity contribution in [3.8, 4) is 0 Å². The summed E-state index contributed by atoms with van der Waals surface area (Å²) in [7, 11) is 5.10. The second-order valence-corrected chi connectivity index (χ2v) is 8.14. The summed E-state index contributed by atoms with van der Waals surface area (Å²) in [5, 5.41) is 0. The quantitative estimate of drug-likeness (QED) is 0.734. The van der Waals surface area contributed by atoms with E-state index in [1.807, 2.05) is 11.0 Å². The van der Waals surface area contributed by atoms with Crippen LogP contribution < -0.4 is 11.2 Å². The summed E-state index contributed by atoms with van der Waals surface area (Å²) in [6.45, 7) is 4.35. The number of fused-ring (bicyclic) bond motifs is 1. The SMILES string of the molecule is Cc1ccccc1[C@H]1[C@@H]2CN(C(=O)c3cc(=O)n(C)c(=O)n3C)C[C@@H]2CN1C.Cl. The lowest BCUT2D eigenvalue weighted by Crippen LogP contribution is -2.42. The van der Waals surface area contributed by atoms with Crippen molar-refractivity contribution in [3.05, 3.63) is 68.0 Å². The number of nitrogens with zero attached hydrogens (tertiary/aromatic N) is 4. The molecule has 156 valence electrons. The van der Waals surface area contributed by atoms with Gasteiger partial charge in [-0.05, 0) is 31.0 Å². The number of benzene rings is 1. The van der Waals surface area contributed by atoms with E-state index < -0.39 is 11.2 Å². The van der Waals surface area contributed by atoms with Crippen LogP contribution in [-0.4, -0.2) is 51.5 Å². The summed E-state index contributed by atoms with van der Waals surface area (Å²) in [4.78, 5) is 41.5. The number of halogens is 1. The molecule has 0 N–H and O–H groups in total. The van der Waals surface area contributed by atoms with Gasteiger partial charge < -0.3 is 4.90 Å². The Morgan fingerprint density at radius 1 is 1.00 bits per heavy atom. The average molecular weight is 419 g/mol. The summed E-state index contributed by atoms with van der Waals surface area (Å²) >= 11 is 0. The third-order valence-electron chi connectivity index (χ3n) is 6.43. The first kappa shape index (κ1) is 21.3. The first-order valence-electron chi connectivity index (χ1n) is 9.61. The summed E-state index contributed by atoms with van der Waals surface area (Å²) in [5.74, 6) is 0.499. The van der Waals surface area contributed by atoms with Crippen molar-refractivity contribution in [2.45, 2.75) is 13.0 Å². The Bertz CT molecular complexity index is 1060. The van der Waals surface area contributed by atoms with E-state index in [0.717, 1.165) is 11.1 Å². The largest absolute Gasteiger partial charge is 0.337 e. The molecule has 1 aromatic heterocycles. The first-order chi connectivity index (χ1) is 13.3. The molecule has 2 aliphatic heterocycles. The molecule has 0 saturated carbocycles. The van der Waals surface area contributed by atoms with Gasteiger partial charge in [0.05, 0.1) is 0 Å². The van der Waals surface area contributed by atoms with Crippen LogP contribution in [0, 0.1) is 18.8 Å². The third kappa shape index (κ3) is 3.42. The minimum atomic E-state index is -0.479. The van der Waals surface area contributed by atoms with E-state index in [-0.39, 0.29) is 30.0 Å². The van der Waals surface area contributed by atoms with Crippen LogP contribution in [0.4, 0.5) is 0 Å². The van der Waals surface area contributed by atoms with E-state index in [1.54, 1.807) is 0 Å². The number of hydrogen-bond donors (Lipinski definition) is 0. The highest BCUT2D eigenvalue weighted by Crippen LogP contribution is 2.45. The van der Waals surface area contributed by atoms with Crippen LogP contribution >= 0.6 is 12.4 Å². The molecule has 29 heavy (non-hydrogen) atoms. The molecule has 2 saturated heterocycles.